The molecule has 1 aromatic rings. The van der Waals surface area contributed by atoms with Crippen molar-refractivity contribution in [2.45, 2.75) is 25.9 Å². The van der Waals surface area contributed by atoms with Gasteiger partial charge in [0.25, 0.3) is 0 Å². The highest BCUT2D eigenvalue weighted by Crippen LogP contribution is 2.24. The number of aliphatic hydroxyl groups is 1. The number of rotatable bonds is 6. The van der Waals surface area contributed by atoms with Crippen molar-refractivity contribution >= 4 is 15.9 Å². The molecule has 0 aliphatic rings. The van der Waals surface area contributed by atoms with E-state index >= 15 is 0 Å². The maximum atomic E-state index is 13.3. The van der Waals surface area contributed by atoms with Gasteiger partial charge in [0.15, 0.2) is 0 Å². The van der Waals surface area contributed by atoms with E-state index in [4.69, 9.17) is 10.8 Å². The molecule has 18 heavy (non-hydrogen) atoms. The molecule has 0 heterocycles. The summed E-state index contributed by atoms with van der Waals surface area (Å²) in [5, 5.41) is 12.4. The number of benzene rings is 1. The molecule has 0 saturated carbocycles. The third kappa shape index (κ3) is 4.02. The van der Waals surface area contributed by atoms with Crippen molar-refractivity contribution < 1.29 is 9.50 Å². The number of halogens is 2. The fourth-order valence-corrected chi connectivity index (χ4v) is 2.23. The lowest BCUT2D eigenvalue weighted by Crippen LogP contribution is -2.39. The van der Waals surface area contributed by atoms with Gasteiger partial charge in [0.1, 0.15) is 5.82 Å². The van der Waals surface area contributed by atoms with E-state index in [0.717, 1.165) is 10.0 Å². The minimum Gasteiger partial charge on any atom is -0.396 e. The molecular weight excluding hydrogens is 299 g/mol. The zero-order chi connectivity index (χ0) is 13.7. The topological polar surface area (TPSA) is 58.3 Å². The molecule has 0 amide bonds. The van der Waals surface area contributed by atoms with Crippen molar-refractivity contribution in [2.75, 3.05) is 13.2 Å². The number of aliphatic hydroxyl groups excluding tert-OH is 1. The maximum absolute atomic E-state index is 13.3. The Labute approximate surface area is 116 Å². The molecular formula is C13H20BrFN2O. The quantitative estimate of drug-likeness (QED) is 0.753. The molecule has 3 nitrogen and oxygen atoms in total. The van der Waals surface area contributed by atoms with Crippen LogP contribution in [-0.2, 0) is 0 Å². The summed E-state index contributed by atoms with van der Waals surface area (Å²) in [6.07, 6.45) is 0. The molecule has 0 aromatic heterocycles. The Morgan fingerprint density at radius 2 is 2.11 bits per heavy atom. The highest BCUT2D eigenvalue weighted by atomic mass is 79.9. The van der Waals surface area contributed by atoms with Crippen LogP contribution in [0, 0.1) is 11.7 Å². The zero-order valence-corrected chi connectivity index (χ0v) is 12.2. The van der Waals surface area contributed by atoms with Crippen LogP contribution < -0.4 is 11.1 Å². The average Bonchev–Trinajstić information content (AvgIpc) is 2.37. The highest BCUT2D eigenvalue weighted by molar-refractivity contribution is 9.10. The van der Waals surface area contributed by atoms with E-state index in [1.807, 2.05) is 13.8 Å². The van der Waals surface area contributed by atoms with Gasteiger partial charge in [-0.3, -0.25) is 0 Å². The first-order valence-electron chi connectivity index (χ1n) is 6.01. The van der Waals surface area contributed by atoms with E-state index in [0.29, 0.717) is 6.54 Å². The van der Waals surface area contributed by atoms with Crippen LogP contribution in [0.2, 0.25) is 0 Å². The smallest absolute Gasteiger partial charge is 0.123 e. The van der Waals surface area contributed by atoms with E-state index < -0.39 is 0 Å². The van der Waals surface area contributed by atoms with Crippen molar-refractivity contribution in [3.05, 3.63) is 34.1 Å². The lowest BCUT2D eigenvalue weighted by Gasteiger charge is -2.26. The molecule has 0 aliphatic carbocycles. The number of hydrogen-bond donors (Lipinski definition) is 3. The van der Waals surface area contributed by atoms with Crippen LogP contribution >= 0.6 is 15.9 Å². The first-order chi connectivity index (χ1) is 8.49. The standard InChI is InChI=1S/C13H20BrFN2O/c1-8(7-18)9(2)17-13(6-16)11-5-10(15)3-4-12(11)14/h3-5,8-9,13,17-18H,6-7,16H2,1-2H3. The first kappa shape index (κ1) is 15.6. The molecule has 3 atom stereocenters. The second kappa shape index (κ2) is 7.19. The summed E-state index contributed by atoms with van der Waals surface area (Å²) in [6, 6.07) is 4.51. The van der Waals surface area contributed by atoms with E-state index in [1.54, 1.807) is 6.07 Å². The van der Waals surface area contributed by atoms with Crippen molar-refractivity contribution in [3.63, 3.8) is 0 Å². The van der Waals surface area contributed by atoms with Crippen LogP contribution in [0.15, 0.2) is 22.7 Å². The molecule has 1 rings (SSSR count). The SMILES string of the molecule is CC(CO)C(C)NC(CN)c1cc(F)ccc1Br. The minimum atomic E-state index is -0.281. The van der Waals surface area contributed by atoms with Crippen LogP contribution in [0.5, 0.6) is 0 Å². The molecule has 0 aliphatic heterocycles. The fourth-order valence-electron chi connectivity index (χ4n) is 1.71. The summed E-state index contributed by atoms with van der Waals surface area (Å²) in [4.78, 5) is 0. The van der Waals surface area contributed by atoms with Gasteiger partial charge in [0, 0.05) is 29.7 Å². The van der Waals surface area contributed by atoms with E-state index in [9.17, 15) is 4.39 Å². The lowest BCUT2D eigenvalue weighted by molar-refractivity contribution is 0.201. The Balaban J connectivity index is 2.86. The fraction of sp³-hybridized carbons (Fsp3) is 0.538. The van der Waals surface area contributed by atoms with E-state index in [1.165, 1.54) is 12.1 Å². The maximum Gasteiger partial charge on any atom is 0.123 e. The predicted molar refractivity (Wildman–Crippen MR) is 74.7 cm³/mol. The van der Waals surface area contributed by atoms with Gasteiger partial charge >= 0.3 is 0 Å². The second-order valence-electron chi connectivity index (χ2n) is 4.57. The van der Waals surface area contributed by atoms with Gasteiger partial charge in [-0.2, -0.15) is 0 Å². The second-order valence-corrected chi connectivity index (χ2v) is 5.42. The van der Waals surface area contributed by atoms with E-state index in [-0.39, 0.29) is 30.4 Å². The number of nitrogens with one attached hydrogen (secondary N) is 1. The monoisotopic (exact) mass is 318 g/mol. The van der Waals surface area contributed by atoms with Crippen LogP contribution in [0.3, 0.4) is 0 Å². The number of nitrogens with two attached hydrogens (primary N) is 1. The summed E-state index contributed by atoms with van der Waals surface area (Å²) in [5.41, 5.74) is 6.55. The largest absolute Gasteiger partial charge is 0.396 e. The van der Waals surface area contributed by atoms with Gasteiger partial charge in [-0.15, -0.1) is 0 Å². The lowest BCUT2D eigenvalue weighted by atomic mass is 10.0. The normalized spacial score (nSPS) is 16.3. The van der Waals surface area contributed by atoms with Gasteiger partial charge in [0.2, 0.25) is 0 Å². The van der Waals surface area contributed by atoms with Gasteiger partial charge in [0.05, 0.1) is 0 Å². The summed E-state index contributed by atoms with van der Waals surface area (Å²) in [6.45, 7) is 4.41. The molecule has 5 heteroatoms. The summed E-state index contributed by atoms with van der Waals surface area (Å²) >= 11 is 3.40. The Morgan fingerprint density at radius 1 is 1.44 bits per heavy atom. The molecule has 0 bridgehead atoms. The van der Waals surface area contributed by atoms with Crippen molar-refractivity contribution in [1.82, 2.24) is 5.32 Å². The van der Waals surface area contributed by atoms with Crippen LogP contribution in [0.25, 0.3) is 0 Å². The Bertz CT molecular complexity index is 389. The molecule has 4 N–H and O–H groups in total. The summed E-state index contributed by atoms with van der Waals surface area (Å²) in [5.74, 6) is -0.164. The summed E-state index contributed by atoms with van der Waals surface area (Å²) in [7, 11) is 0. The molecule has 0 saturated heterocycles. The molecule has 0 spiro atoms. The predicted octanol–water partition coefficient (Wildman–Crippen LogP) is 2.19. The van der Waals surface area contributed by atoms with Crippen molar-refractivity contribution in [1.29, 1.82) is 0 Å². The molecule has 0 fully saturated rings. The van der Waals surface area contributed by atoms with E-state index in [2.05, 4.69) is 21.2 Å². The first-order valence-corrected chi connectivity index (χ1v) is 6.80. The molecule has 3 unspecified atom stereocenters. The van der Waals surface area contributed by atoms with Gasteiger partial charge in [-0.1, -0.05) is 22.9 Å². The third-order valence-corrected chi connectivity index (χ3v) is 3.90. The summed E-state index contributed by atoms with van der Waals surface area (Å²) < 4.78 is 14.1. The van der Waals surface area contributed by atoms with Crippen LogP contribution in [-0.4, -0.2) is 24.3 Å². The highest BCUT2D eigenvalue weighted by Gasteiger charge is 2.19. The third-order valence-electron chi connectivity index (χ3n) is 3.17. The Hall–Kier alpha value is -0.490. The Kier molecular flexibility index (Phi) is 6.21. The minimum absolute atomic E-state index is 0.0960. The zero-order valence-electron chi connectivity index (χ0n) is 10.7. The van der Waals surface area contributed by atoms with Crippen molar-refractivity contribution in [2.24, 2.45) is 11.7 Å². The molecule has 102 valence electrons. The van der Waals surface area contributed by atoms with Crippen LogP contribution in [0.1, 0.15) is 25.5 Å². The average molecular weight is 319 g/mol. The van der Waals surface area contributed by atoms with Gasteiger partial charge in [-0.25, -0.2) is 4.39 Å². The van der Waals surface area contributed by atoms with Crippen molar-refractivity contribution in [3.8, 4) is 0 Å². The van der Waals surface area contributed by atoms with Gasteiger partial charge < -0.3 is 16.2 Å². The molecule has 1 aromatic carbocycles. The number of hydrogen-bond acceptors (Lipinski definition) is 3. The van der Waals surface area contributed by atoms with Crippen LogP contribution in [0.4, 0.5) is 4.39 Å². The van der Waals surface area contributed by atoms with Gasteiger partial charge in [-0.05, 0) is 36.6 Å². The molecule has 0 radical (unpaired) electrons. The Morgan fingerprint density at radius 3 is 2.67 bits per heavy atom.